The molecule has 0 unspecified atom stereocenters. The van der Waals surface area contributed by atoms with E-state index in [1.54, 1.807) is 12.1 Å². The zero-order chi connectivity index (χ0) is 27.8. The maximum atomic E-state index is 13.1. The largest absolute Gasteiger partial charge is 0.490 e. The van der Waals surface area contributed by atoms with Crippen LogP contribution in [0.3, 0.4) is 0 Å². The highest BCUT2D eigenvalue weighted by Crippen LogP contribution is 2.33. The number of carboxylic acid groups (broad SMARTS) is 2. The molecule has 0 saturated carbocycles. The highest BCUT2D eigenvalue weighted by molar-refractivity contribution is 5.73. The first-order valence-electron chi connectivity index (χ1n) is 11.2. The minimum absolute atomic E-state index is 0.166. The average Bonchev–Trinajstić information content (AvgIpc) is 3.19. The van der Waals surface area contributed by atoms with Gasteiger partial charge in [-0.05, 0) is 30.5 Å². The highest BCUT2D eigenvalue weighted by Gasteiger charge is 2.46. The van der Waals surface area contributed by atoms with Gasteiger partial charge in [-0.25, -0.2) is 14.0 Å². The van der Waals surface area contributed by atoms with E-state index in [-0.39, 0.29) is 5.82 Å². The number of alkyl halides is 6. The Kier molecular flexibility index (Phi) is 11.1. The zero-order valence-electron chi connectivity index (χ0n) is 19.5. The molecule has 0 aromatic heterocycles. The summed E-state index contributed by atoms with van der Waals surface area (Å²) in [6.45, 7) is 6.45. The van der Waals surface area contributed by atoms with Crippen LogP contribution in [0, 0.1) is 5.82 Å². The molecular weight excluding hydrogens is 521 g/mol. The number of aliphatic carboxylic acids is 2. The summed E-state index contributed by atoms with van der Waals surface area (Å²) in [6.07, 6.45) is -7.52. The lowest BCUT2D eigenvalue weighted by molar-refractivity contribution is -0.193. The fourth-order valence-electron chi connectivity index (χ4n) is 4.26. The molecule has 0 bridgehead atoms. The van der Waals surface area contributed by atoms with Crippen LogP contribution in [0.15, 0.2) is 24.3 Å². The summed E-state index contributed by atoms with van der Waals surface area (Å²) in [5, 5.41) is 14.2. The summed E-state index contributed by atoms with van der Waals surface area (Å²) < 4.78 is 88.3. The Bertz CT molecular complexity index is 852. The van der Waals surface area contributed by atoms with Crippen molar-refractivity contribution in [1.82, 2.24) is 9.80 Å². The second-order valence-electron chi connectivity index (χ2n) is 8.42. The Labute approximate surface area is 207 Å². The van der Waals surface area contributed by atoms with Gasteiger partial charge in [0.15, 0.2) is 0 Å². The van der Waals surface area contributed by atoms with Gasteiger partial charge in [-0.3, -0.25) is 9.80 Å². The van der Waals surface area contributed by atoms with E-state index in [9.17, 15) is 30.7 Å². The lowest BCUT2D eigenvalue weighted by Gasteiger charge is -2.37. The fraction of sp³-hybridized carbons (Fsp3) is 0.636. The Balaban J connectivity index is 0.000000286. The molecular formula is C22H27F7N2O6. The van der Waals surface area contributed by atoms with Gasteiger partial charge < -0.3 is 19.7 Å². The van der Waals surface area contributed by atoms with Gasteiger partial charge in [0.1, 0.15) is 5.82 Å². The number of fused-ring (bicyclic) bond motifs is 1. The Morgan fingerprint density at radius 2 is 1.41 bits per heavy atom. The fourth-order valence-corrected chi connectivity index (χ4v) is 4.26. The van der Waals surface area contributed by atoms with Crippen molar-refractivity contribution in [3.63, 3.8) is 0 Å². The smallest absolute Gasteiger partial charge is 0.475 e. The van der Waals surface area contributed by atoms with Gasteiger partial charge in [0, 0.05) is 38.8 Å². The molecule has 3 fully saturated rings. The molecule has 210 valence electrons. The predicted octanol–water partition coefficient (Wildman–Crippen LogP) is 3.16. The van der Waals surface area contributed by atoms with Crippen LogP contribution in [-0.2, 0) is 25.6 Å². The molecule has 8 nitrogen and oxygen atoms in total. The number of rotatable bonds is 3. The normalized spacial score (nSPS) is 24.7. The molecule has 3 saturated heterocycles. The van der Waals surface area contributed by atoms with Crippen LogP contribution >= 0.6 is 0 Å². The van der Waals surface area contributed by atoms with Crippen molar-refractivity contribution in [3.8, 4) is 0 Å². The maximum Gasteiger partial charge on any atom is 0.490 e. The van der Waals surface area contributed by atoms with Crippen molar-refractivity contribution in [2.24, 2.45) is 0 Å². The second-order valence-corrected chi connectivity index (χ2v) is 8.42. The van der Waals surface area contributed by atoms with Gasteiger partial charge in [0.2, 0.25) is 0 Å². The van der Waals surface area contributed by atoms with E-state index < -0.39 is 24.3 Å². The topological polar surface area (TPSA) is 99.5 Å². The van der Waals surface area contributed by atoms with Gasteiger partial charge in [0.25, 0.3) is 0 Å². The lowest BCUT2D eigenvalue weighted by Crippen LogP contribution is -2.51. The van der Waals surface area contributed by atoms with Crippen molar-refractivity contribution < 1.29 is 60.0 Å². The molecule has 3 atom stereocenters. The first kappa shape index (κ1) is 30.7. The van der Waals surface area contributed by atoms with Crippen molar-refractivity contribution in [2.45, 2.75) is 49.9 Å². The predicted molar refractivity (Wildman–Crippen MR) is 113 cm³/mol. The number of carboxylic acids is 2. The third kappa shape index (κ3) is 9.72. The number of carbonyl (C=O) groups is 2. The first-order chi connectivity index (χ1) is 17.2. The number of nitrogens with zero attached hydrogens (tertiary/aromatic N) is 2. The van der Waals surface area contributed by atoms with Crippen molar-refractivity contribution in [3.05, 3.63) is 35.6 Å². The standard InChI is InChI=1S/C18H25FN2O2.2C2HF3O2/c19-15-5-3-14(4-6-15)12-21-13-17(20-7-10-22-11-8-20)18-16(21)2-1-9-23-18;2*3-2(4,5)1(6)7/h3-6,16-18H,1-2,7-13H2;2*(H,6,7)/t16-,17-,18+;;/m0../s1. The third-order valence-electron chi connectivity index (χ3n) is 5.90. The molecule has 3 aliphatic rings. The molecule has 1 aromatic carbocycles. The maximum absolute atomic E-state index is 13.1. The zero-order valence-corrected chi connectivity index (χ0v) is 19.5. The van der Waals surface area contributed by atoms with Crippen molar-refractivity contribution >= 4 is 11.9 Å². The molecule has 2 N–H and O–H groups in total. The van der Waals surface area contributed by atoms with Crippen LogP contribution in [0.25, 0.3) is 0 Å². The lowest BCUT2D eigenvalue weighted by atomic mass is 9.99. The van der Waals surface area contributed by atoms with Crippen LogP contribution < -0.4 is 0 Å². The van der Waals surface area contributed by atoms with E-state index in [2.05, 4.69) is 9.80 Å². The van der Waals surface area contributed by atoms with E-state index in [1.165, 1.54) is 12.0 Å². The number of halogens is 7. The first-order valence-corrected chi connectivity index (χ1v) is 11.2. The van der Waals surface area contributed by atoms with Gasteiger partial charge >= 0.3 is 24.3 Å². The van der Waals surface area contributed by atoms with E-state index >= 15 is 0 Å². The molecule has 37 heavy (non-hydrogen) atoms. The molecule has 1 aromatic rings. The van der Waals surface area contributed by atoms with Crippen LogP contribution in [0.5, 0.6) is 0 Å². The number of morpholine rings is 1. The molecule has 3 aliphatic heterocycles. The van der Waals surface area contributed by atoms with Gasteiger partial charge in [0.05, 0.1) is 25.4 Å². The van der Waals surface area contributed by atoms with Crippen molar-refractivity contribution in [1.29, 1.82) is 0 Å². The number of hydrogen-bond donors (Lipinski definition) is 2. The number of ether oxygens (including phenoxy) is 2. The van der Waals surface area contributed by atoms with Crippen LogP contribution in [0.2, 0.25) is 0 Å². The molecule has 4 rings (SSSR count). The Morgan fingerprint density at radius 1 is 0.892 bits per heavy atom. The van der Waals surface area contributed by atoms with Crippen LogP contribution in [-0.4, -0.2) is 102 Å². The summed E-state index contributed by atoms with van der Waals surface area (Å²) in [7, 11) is 0. The van der Waals surface area contributed by atoms with Crippen LogP contribution in [0.1, 0.15) is 18.4 Å². The second kappa shape index (κ2) is 13.3. The Hall–Kier alpha value is -2.49. The molecule has 0 aliphatic carbocycles. The third-order valence-corrected chi connectivity index (χ3v) is 5.90. The summed E-state index contributed by atoms with van der Waals surface area (Å²) >= 11 is 0. The summed E-state index contributed by atoms with van der Waals surface area (Å²) in [5.41, 5.74) is 1.18. The minimum atomic E-state index is -5.08. The molecule has 0 amide bonds. The molecule has 15 heteroatoms. The SMILES string of the molecule is Fc1ccc(CN2C[C@H](N3CCOCC3)[C@@H]3OCCC[C@@H]32)cc1.O=C(O)C(F)(F)F.O=C(O)C(F)(F)F. The quantitative estimate of drug-likeness (QED) is 0.556. The van der Waals surface area contributed by atoms with Gasteiger partial charge in [-0.2, -0.15) is 26.3 Å². The summed E-state index contributed by atoms with van der Waals surface area (Å²) in [5.74, 6) is -5.68. The molecule has 0 spiro atoms. The summed E-state index contributed by atoms with van der Waals surface area (Å²) in [4.78, 5) is 22.9. The van der Waals surface area contributed by atoms with Gasteiger partial charge in [-0.1, -0.05) is 12.1 Å². The van der Waals surface area contributed by atoms with Crippen LogP contribution in [0.4, 0.5) is 30.7 Å². The number of likely N-dealkylation sites (tertiary alicyclic amines) is 1. The van der Waals surface area contributed by atoms with E-state index in [0.717, 1.165) is 52.4 Å². The summed E-state index contributed by atoms with van der Waals surface area (Å²) in [6, 6.07) is 7.86. The molecule has 0 radical (unpaired) electrons. The minimum Gasteiger partial charge on any atom is -0.475 e. The monoisotopic (exact) mass is 548 g/mol. The van der Waals surface area contributed by atoms with E-state index in [1.807, 2.05) is 12.1 Å². The average molecular weight is 548 g/mol. The Morgan fingerprint density at radius 3 is 1.89 bits per heavy atom. The molecule has 3 heterocycles. The number of benzene rings is 1. The highest BCUT2D eigenvalue weighted by atomic mass is 19.4. The van der Waals surface area contributed by atoms with Crippen molar-refractivity contribution in [2.75, 3.05) is 39.5 Å². The van der Waals surface area contributed by atoms with Gasteiger partial charge in [-0.15, -0.1) is 0 Å². The number of hydrogen-bond acceptors (Lipinski definition) is 6. The van der Waals surface area contributed by atoms with E-state index in [4.69, 9.17) is 29.3 Å². The van der Waals surface area contributed by atoms with E-state index in [0.29, 0.717) is 18.2 Å².